The van der Waals surface area contributed by atoms with Crippen LogP contribution in [0.3, 0.4) is 0 Å². The Balaban J connectivity index is 2.04. The van der Waals surface area contributed by atoms with E-state index in [-0.39, 0.29) is 5.92 Å². The molecule has 0 spiro atoms. The van der Waals surface area contributed by atoms with Crippen molar-refractivity contribution in [2.45, 2.75) is 45.6 Å². The van der Waals surface area contributed by atoms with E-state index in [9.17, 15) is 0 Å². The molecule has 5 nitrogen and oxygen atoms in total. The van der Waals surface area contributed by atoms with Gasteiger partial charge < -0.3 is 9.84 Å². The highest BCUT2D eigenvalue weighted by atomic mass is 16.5. The molecule has 2 aromatic heterocycles. The lowest BCUT2D eigenvalue weighted by molar-refractivity contribution is 0.319. The molecular weight excluding hydrogens is 252 g/mol. The molecule has 0 aliphatic heterocycles. The lowest BCUT2D eigenvalue weighted by Gasteiger charge is -2.20. The fraction of sp³-hybridized carbons (Fsp3) is 0.533. The summed E-state index contributed by atoms with van der Waals surface area (Å²) in [5, 5.41) is 7.52. The third kappa shape index (κ3) is 3.63. The molecule has 0 aliphatic rings. The number of nitrogens with zero attached hydrogens (tertiary/aromatic N) is 3. The van der Waals surface area contributed by atoms with Crippen molar-refractivity contribution >= 4 is 0 Å². The maximum Gasteiger partial charge on any atom is 0.231 e. The Kier molecular flexibility index (Phi) is 5.24. The van der Waals surface area contributed by atoms with Gasteiger partial charge in [0.15, 0.2) is 5.82 Å². The number of hydrogen-bond donors (Lipinski definition) is 1. The third-order valence-corrected chi connectivity index (χ3v) is 3.47. The van der Waals surface area contributed by atoms with Crippen LogP contribution in [0.2, 0.25) is 0 Å². The van der Waals surface area contributed by atoms with E-state index in [1.165, 1.54) is 0 Å². The highest BCUT2D eigenvalue weighted by Crippen LogP contribution is 2.20. The van der Waals surface area contributed by atoms with Crippen LogP contribution in [0.4, 0.5) is 0 Å². The lowest BCUT2D eigenvalue weighted by Crippen LogP contribution is -2.33. The van der Waals surface area contributed by atoms with Crippen LogP contribution in [0.1, 0.15) is 50.4 Å². The van der Waals surface area contributed by atoms with Gasteiger partial charge in [-0.3, -0.25) is 4.98 Å². The van der Waals surface area contributed by atoms with E-state index in [0.29, 0.717) is 24.2 Å². The number of pyridine rings is 1. The Morgan fingerprint density at radius 2 is 2.20 bits per heavy atom. The van der Waals surface area contributed by atoms with Crippen LogP contribution in [-0.4, -0.2) is 27.7 Å². The van der Waals surface area contributed by atoms with E-state index in [0.717, 1.165) is 18.5 Å². The van der Waals surface area contributed by atoms with Crippen LogP contribution < -0.4 is 5.32 Å². The molecule has 108 valence electrons. The van der Waals surface area contributed by atoms with Crippen LogP contribution >= 0.6 is 0 Å². The summed E-state index contributed by atoms with van der Waals surface area (Å²) in [6.45, 7) is 7.34. The van der Waals surface area contributed by atoms with Crippen molar-refractivity contribution in [2.75, 3.05) is 6.54 Å². The second-order valence-corrected chi connectivity index (χ2v) is 4.95. The number of aromatic nitrogens is 3. The number of rotatable bonds is 7. The minimum atomic E-state index is 0.218. The van der Waals surface area contributed by atoms with Crippen molar-refractivity contribution in [3.63, 3.8) is 0 Å². The molecule has 2 heterocycles. The summed E-state index contributed by atoms with van der Waals surface area (Å²) < 4.78 is 5.41. The molecule has 0 saturated heterocycles. The van der Waals surface area contributed by atoms with E-state index in [1.807, 2.05) is 18.3 Å². The summed E-state index contributed by atoms with van der Waals surface area (Å²) in [5.74, 6) is 1.64. The van der Waals surface area contributed by atoms with E-state index in [1.54, 1.807) is 6.20 Å². The van der Waals surface area contributed by atoms with Gasteiger partial charge in [-0.1, -0.05) is 32.0 Å². The number of likely N-dealkylation sites (N-methyl/N-ethyl adjacent to an activating group) is 1. The molecule has 1 N–H and O–H groups in total. The molecule has 2 unspecified atom stereocenters. The van der Waals surface area contributed by atoms with Crippen LogP contribution in [0.5, 0.6) is 0 Å². The molecule has 2 atom stereocenters. The molecule has 0 aromatic carbocycles. The zero-order valence-electron chi connectivity index (χ0n) is 12.3. The van der Waals surface area contributed by atoms with Gasteiger partial charge in [-0.15, -0.1) is 0 Å². The maximum atomic E-state index is 5.41. The molecule has 0 saturated carbocycles. The van der Waals surface area contributed by atoms with Gasteiger partial charge in [0, 0.05) is 24.9 Å². The van der Waals surface area contributed by atoms with Gasteiger partial charge in [0.25, 0.3) is 0 Å². The van der Waals surface area contributed by atoms with Gasteiger partial charge in [-0.2, -0.15) is 4.98 Å². The van der Waals surface area contributed by atoms with Gasteiger partial charge in [0.2, 0.25) is 5.89 Å². The third-order valence-electron chi connectivity index (χ3n) is 3.47. The minimum absolute atomic E-state index is 0.218. The lowest BCUT2D eigenvalue weighted by atomic mass is 9.99. The summed E-state index contributed by atoms with van der Waals surface area (Å²) >= 11 is 0. The molecular formula is C15H22N4O. The standard InChI is InChI=1S/C15H22N4O/c1-4-13(17-5-2)11(3)15-18-14(19-20-15)9-12-7-6-8-16-10-12/h6-8,10-11,13,17H,4-5,9H2,1-3H3. The van der Waals surface area contributed by atoms with Crippen molar-refractivity contribution in [3.8, 4) is 0 Å². The fourth-order valence-electron chi connectivity index (χ4n) is 2.32. The topological polar surface area (TPSA) is 63.8 Å². The summed E-state index contributed by atoms with van der Waals surface area (Å²) in [6.07, 6.45) is 5.28. The van der Waals surface area contributed by atoms with E-state index < -0.39 is 0 Å². The second kappa shape index (κ2) is 7.14. The Hall–Kier alpha value is -1.75. The molecule has 0 fully saturated rings. The predicted octanol–water partition coefficient (Wildman–Crippen LogP) is 2.55. The molecule has 20 heavy (non-hydrogen) atoms. The number of hydrogen-bond acceptors (Lipinski definition) is 5. The Morgan fingerprint density at radius 3 is 2.85 bits per heavy atom. The number of nitrogens with one attached hydrogen (secondary N) is 1. The maximum absolute atomic E-state index is 5.41. The Morgan fingerprint density at radius 1 is 1.35 bits per heavy atom. The van der Waals surface area contributed by atoms with Gasteiger partial charge >= 0.3 is 0 Å². The van der Waals surface area contributed by atoms with Gasteiger partial charge in [0.05, 0.1) is 5.92 Å². The molecule has 2 aromatic rings. The van der Waals surface area contributed by atoms with Crippen molar-refractivity contribution in [3.05, 3.63) is 41.8 Å². The first-order valence-electron chi connectivity index (χ1n) is 7.19. The Bertz CT molecular complexity index is 512. The SMILES string of the molecule is CCNC(CC)C(C)c1nc(Cc2cccnc2)no1. The average Bonchev–Trinajstić information content (AvgIpc) is 2.93. The van der Waals surface area contributed by atoms with E-state index >= 15 is 0 Å². The summed E-state index contributed by atoms with van der Waals surface area (Å²) in [5.41, 5.74) is 1.09. The largest absolute Gasteiger partial charge is 0.339 e. The summed E-state index contributed by atoms with van der Waals surface area (Å²) in [7, 11) is 0. The van der Waals surface area contributed by atoms with Crippen LogP contribution in [0, 0.1) is 0 Å². The fourth-order valence-corrected chi connectivity index (χ4v) is 2.32. The predicted molar refractivity (Wildman–Crippen MR) is 77.5 cm³/mol. The van der Waals surface area contributed by atoms with Crippen molar-refractivity contribution in [1.82, 2.24) is 20.4 Å². The van der Waals surface area contributed by atoms with Gasteiger partial charge in [0.1, 0.15) is 0 Å². The van der Waals surface area contributed by atoms with E-state index in [4.69, 9.17) is 4.52 Å². The molecule has 0 bridgehead atoms. The summed E-state index contributed by atoms with van der Waals surface area (Å²) in [4.78, 5) is 8.60. The second-order valence-electron chi connectivity index (χ2n) is 4.95. The first kappa shape index (κ1) is 14.7. The molecule has 2 rings (SSSR count). The monoisotopic (exact) mass is 274 g/mol. The first-order valence-corrected chi connectivity index (χ1v) is 7.19. The first-order chi connectivity index (χ1) is 9.74. The summed E-state index contributed by atoms with van der Waals surface area (Å²) in [6, 6.07) is 4.30. The quantitative estimate of drug-likeness (QED) is 0.840. The Labute approximate surface area is 119 Å². The molecule has 0 amide bonds. The molecule has 5 heteroatoms. The molecule has 0 aliphatic carbocycles. The normalized spacial score (nSPS) is 14.2. The van der Waals surface area contributed by atoms with Crippen LogP contribution in [-0.2, 0) is 6.42 Å². The van der Waals surface area contributed by atoms with Gasteiger partial charge in [-0.05, 0) is 24.6 Å². The molecule has 0 radical (unpaired) electrons. The van der Waals surface area contributed by atoms with Crippen molar-refractivity contribution < 1.29 is 4.52 Å². The average molecular weight is 274 g/mol. The highest BCUT2D eigenvalue weighted by Gasteiger charge is 2.22. The highest BCUT2D eigenvalue weighted by molar-refractivity contribution is 5.14. The van der Waals surface area contributed by atoms with Crippen molar-refractivity contribution in [1.29, 1.82) is 0 Å². The minimum Gasteiger partial charge on any atom is -0.339 e. The smallest absolute Gasteiger partial charge is 0.231 e. The zero-order chi connectivity index (χ0) is 14.4. The van der Waals surface area contributed by atoms with Crippen LogP contribution in [0.25, 0.3) is 0 Å². The van der Waals surface area contributed by atoms with Crippen LogP contribution in [0.15, 0.2) is 29.0 Å². The zero-order valence-corrected chi connectivity index (χ0v) is 12.3. The van der Waals surface area contributed by atoms with E-state index in [2.05, 4.69) is 41.2 Å². The van der Waals surface area contributed by atoms with Crippen molar-refractivity contribution in [2.24, 2.45) is 0 Å². The van der Waals surface area contributed by atoms with Gasteiger partial charge in [-0.25, -0.2) is 0 Å².